The predicted molar refractivity (Wildman–Crippen MR) is 274 cm³/mol. The van der Waals surface area contributed by atoms with Crippen LogP contribution in [-0.2, 0) is 10.8 Å². The van der Waals surface area contributed by atoms with E-state index in [-0.39, 0.29) is 5.41 Å². The Morgan fingerprint density at radius 1 is 0.333 bits per heavy atom. The highest BCUT2D eigenvalue weighted by Gasteiger charge is 2.52. The molecule has 0 fully saturated rings. The van der Waals surface area contributed by atoms with Crippen LogP contribution >= 0.6 is 0 Å². The molecule has 0 bridgehead atoms. The number of anilines is 3. The molecule has 1 heterocycles. The largest absolute Gasteiger partial charge is 0.455 e. The van der Waals surface area contributed by atoms with E-state index < -0.39 is 5.41 Å². The second-order valence-electron chi connectivity index (χ2n) is 18.8. The minimum absolute atomic E-state index is 0.119. The zero-order valence-corrected chi connectivity index (χ0v) is 36.7. The fraction of sp³-hybridized carbons (Fsp3) is 0.0625. The Morgan fingerprint density at radius 3 is 1.53 bits per heavy atom. The molecule has 0 saturated carbocycles. The van der Waals surface area contributed by atoms with Gasteiger partial charge in [-0.3, -0.25) is 0 Å². The molecule has 2 aliphatic carbocycles. The minimum atomic E-state index is -0.606. The van der Waals surface area contributed by atoms with Crippen molar-refractivity contribution in [2.24, 2.45) is 0 Å². The van der Waals surface area contributed by atoms with Crippen molar-refractivity contribution in [1.29, 1.82) is 0 Å². The number of nitrogens with zero attached hydrogens (tertiary/aromatic N) is 1. The van der Waals surface area contributed by atoms with Crippen LogP contribution in [0.2, 0.25) is 0 Å². The van der Waals surface area contributed by atoms with E-state index in [0.29, 0.717) is 0 Å². The molecule has 1 spiro atoms. The van der Waals surface area contributed by atoms with Crippen LogP contribution < -0.4 is 9.64 Å². The van der Waals surface area contributed by atoms with Crippen molar-refractivity contribution in [2.45, 2.75) is 24.7 Å². The molecule has 11 aromatic rings. The third kappa shape index (κ3) is 5.01. The van der Waals surface area contributed by atoms with Crippen molar-refractivity contribution >= 4 is 49.4 Å². The molecular weight excluding hydrogens is 799 g/mol. The van der Waals surface area contributed by atoms with E-state index in [0.717, 1.165) is 39.3 Å². The molecule has 3 aliphatic rings. The van der Waals surface area contributed by atoms with Gasteiger partial charge in [0.1, 0.15) is 11.5 Å². The summed E-state index contributed by atoms with van der Waals surface area (Å²) in [6.45, 7) is 4.72. The molecule has 0 saturated heterocycles. The summed E-state index contributed by atoms with van der Waals surface area (Å²) >= 11 is 0. The minimum Gasteiger partial charge on any atom is -0.455 e. The fourth-order valence-corrected chi connectivity index (χ4v) is 12.0. The Labute approximate surface area is 384 Å². The molecule has 11 aromatic carbocycles. The maximum Gasteiger partial charge on any atom is 0.140 e. The van der Waals surface area contributed by atoms with E-state index in [2.05, 4.69) is 243 Å². The quantitative estimate of drug-likeness (QED) is 0.175. The summed E-state index contributed by atoms with van der Waals surface area (Å²) < 4.78 is 7.22. The van der Waals surface area contributed by atoms with Gasteiger partial charge in [-0.2, -0.15) is 0 Å². The van der Waals surface area contributed by atoms with Crippen LogP contribution in [0.5, 0.6) is 11.5 Å². The van der Waals surface area contributed by atoms with Crippen LogP contribution in [-0.4, -0.2) is 0 Å². The third-order valence-corrected chi connectivity index (χ3v) is 15.1. The molecule has 14 rings (SSSR count). The van der Waals surface area contributed by atoms with Crippen molar-refractivity contribution in [3.63, 3.8) is 0 Å². The van der Waals surface area contributed by atoms with Gasteiger partial charge >= 0.3 is 0 Å². The van der Waals surface area contributed by atoms with Gasteiger partial charge in [0, 0.05) is 44.1 Å². The lowest BCUT2D eigenvalue weighted by Gasteiger charge is -2.40. The summed E-state index contributed by atoms with van der Waals surface area (Å²) in [4.78, 5) is 2.45. The molecule has 2 heteroatoms. The van der Waals surface area contributed by atoms with Gasteiger partial charge in [0.15, 0.2) is 0 Å². The first-order chi connectivity index (χ1) is 32.5. The molecule has 310 valence electrons. The molecule has 0 aromatic heterocycles. The van der Waals surface area contributed by atoms with Crippen LogP contribution in [0.15, 0.2) is 224 Å². The van der Waals surface area contributed by atoms with Crippen molar-refractivity contribution in [3.8, 4) is 44.9 Å². The van der Waals surface area contributed by atoms with Gasteiger partial charge < -0.3 is 9.64 Å². The monoisotopic (exact) mass is 841 g/mol. The molecular formula is C64H43NO. The lowest BCUT2D eigenvalue weighted by Crippen LogP contribution is -2.32. The molecule has 66 heavy (non-hydrogen) atoms. The van der Waals surface area contributed by atoms with Crippen molar-refractivity contribution in [3.05, 3.63) is 258 Å². The highest BCUT2D eigenvalue weighted by molar-refractivity contribution is 6.02. The van der Waals surface area contributed by atoms with E-state index in [1.807, 2.05) is 0 Å². The average molecular weight is 842 g/mol. The average Bonchev–Trinajstić information content (AvgIpc) is 3.79. The zero-order chi connectivity index (χ0) is 43.7. The molecule has 0 atom stereocenters. The number of fused-ring (bicyclic) bond motifs is 17. The summed E-state index contributed by atoms with van der Waals surface area (Å²) in [5.74, 6) is 1.86. The first-order valence-corrected chi connectivity index (χ1v) is 23.1. The number of rotatable bonds is 4. The number of hydrogen-bond acceptors (Lipinski definition) is 2. The second-order valence-corrected chi connectivity index (χ2v) is 18.8. The topological polar surface area (TPSA) is 12.5 Å². The van der Waals surface area contributed by atoms with Gasteiger partial charge in [0.25, 0.3) is 0 Å². The zero-order valence-electron chi connectivity index (χ0n) is 36.7. The SMILES string of the molecule is CC1(C)c2ccccc2-c2ccc(N(c3ccc(-c4ccc5c(c4)C4(c6ccccc6-5)c5ccc6ccccc6c5Oc5c4ccc4ccccc54)cc3)c3cccc4ccccc34)cc21. The predicted octanol–water partition coefficient (Wildman–Crippen LogP) is 17.1. The van der Waals surface area contributed by atoms with Gasteiger partial charge in [-0.1, -0.05) is 202 Å². The van der Waals surface area contributed by atoms with Crippen LogP contribution in [0.1, 0.15) is 47.2 Å². The summed E-state index contributed by atoms with van der Waals surface area (Å²) in [7, 11) is 0. The Kier molecular flexibility index (Phi) is 7.70. The van der Waals surface area contributed by atoms with Crippen LogP contribution in [0.25, 0.3) is 65.7 Å². The molecule has 0 amide bonds. The number of ether oxygens (including phenoxy) is 1. The van der Waals surface area contributed by atoms with Gasteiger partial charge in [-0.05, 0) is 108 Å². The van der Waals surface area contributed by atoms with Gasteiger partial charge in [-0.15, -0.1) is 0 Å². The van der Waals surface area contributed by atoms with Crippen molar-refractivity contribution in [1.82, 2.24) is 0 Å². The lowest BCUT2D eigenvalue weighted by atomic mass is 9.65. The maximum atomic E-state index is 7.22. The van der Waals surface area contributed by atoms with E-state index in [9.17, 15) is 0 Å². The summed E-state index contributed by atoms with van der Waals surface area (Å²) in [5, 5.41) is 7.02. The van der Waals surface area contributed by atoms with E-state index in [1.54, 1.807) is 0 Å². The first kappa shape index (κ1) is 37.2. The van der Waals surface area contributed by atoms with Crippen LogP contribution in [0, 0.1) is 0 Å². The highest BCUT2D eigenvalue weighted by atomic mass is 16.5. The van der Waals surface area contributed by atoms with Crippen molar-refractivity contribution < 1.29 is 4.74 Å². The molecule has 1 aliphatic heterocycles. The smallest absolute Gasteiger partial charge is 0.140 e. The summed E-state index contributed by atoms with van der Waals surface area (Å²) in [5.41, 5.74) is 17.9. The van der Waals surface area contributed by atoms with Crippen LogP contribution in [0.3, 0.4) is 0 Å². The Morgan fingerprint density at radius 2 is 0.833 bits per heavy atom. The Bertz CT molecular complexity index is 3750. The van der Waals surface area contributed by atoms with E-state index >= 15 is 0 Å². The van der Waals surface area contributed by atoms with Crippen LogP contribution in [0.4, 0.5) is 17.1 Å². The second kappa shape index (κ2) is 13.7. The van der Waals surface area contributed by atoms with Gasteiger partial charge in [0.05, 0.1) is 11.1 Å². The first-order valence-electron chi connectivity index (χ1n) is 23.1. The Hall–Kier alpha value is -8.20. The van der Waals surface area contributed by atoms with Gasteiger partial charge in [-0.25, -0.2) is 0 Å². The third-order valence-electron chi connectivity index (χ3n) is 15.1. The number of benzene rings is 11. The molecule has 0 N–H and O–H groups in total. The van der Waals surface area contributed by atoms with E-state index in [1.165, 1.54) is 88.3 Å². The van der Waals surface area contributed by atoms with E-state index in [4.69, 9.17) is 4.74 Å². The van der Waals surface area contributed by atoms with Crippen molar-refractivity contribution in [2.75, 3.05) is 4.90 Å². The summed E-state index contributed by atoms with van der Waals surface area (Å²) in [6, 6.07) is 83.2. The lowest BCUT2D eigenvalue weighted by molar-refractivity contribution is 0.447. The molecule has 0 radical (unpaired) electrons. The summed E-state index contributed by atoms with van der Waals surface area (Å²) in [6.07, 6.45) is 0. The maximum absolute atomic E-state index is 7.22. The highest BCUT2D eigenvalue weighted by Crippen LogP contribution is 2.64. The normalized spacial score (nSPS) is 14.3. The molecule has 2 nitrogen and oxygen atoms in total. The number of hydrogen-bond donors (Lipinski definition) is 0. The fourth-order valence-electron chi connectivity index (χ4n) is 12.0. The standard InChI is InChI=1S/C64H43NO/c1-63(2)54-23-11-9-21-50(54)52-35-33-46(39-58(52)63)65(60-25-13-17-41-14-3-6-18-47(41)60)45-31-26-40(27-32-45)44-28-34-53-51-22-10-12-24-55(51)64(59(53)38-44)56-36-29-42-15-4-7-19-48(42)61(56)66-62-49-20-8-5-16-43(49)30-37-57(62)64/h3-39H,1-2H3. The Balaban J connectivity index is 0.955. The van der Waals surface area contributed by atoms with Gasteiger partial charge in [0.2, 0.25) is 0 Å². The molecule has 0 unspecified atom stereocenters.